The Bertz CT molecular complexity index is 1170. The maximum atomic E-state index is 13.2. The molecular weight excluding hydrogens is 381 g/mol. The van der Waals surface area contributed by atoms with Gasteiger partial charge in [0, 0.05) is 18.0 Å². The number of amides is 1. The highest BCUT2D eigenvalue weighted by Crippen LogP contribution is 2.26. The average molecular weight is 401 g/mol. The Hall–Kier alpha value is -3.87. The van der Waals surface area contributed by atoms with Crippen LogP contribution >= 0.6 is 0 Å². The van der Waals surface area contributed by atoms with E-state index in [9.17, 15) is 9.18 Å². The Morgan fingerprint density at radius 2 is 1.73 bits per heavy atom. The first-order chi connectivity index (χ1) is 14.5. The first kappa shape index (κ1) is 19.4. The smallest absolute Gasteiger partial charge is 0.274 e. The molecule has 7 heteroatoms. The van der Waals surface area contributed by atoms with Crippen molar-refractivity contribution in [1.82, 2.24) is 25.3 Å². The maximum Gasteiger partial charge on any atom is 0.274 e. The highest BCUT2D eigenvalue weighted by molar-refractivity contribution is 5.98. The number of benzene rings is 2. The number of nitrogens with zero attached hydrogens (tertiary/aromatic N) is 4. The van der Waals surface area contributed by atoms with Crippen LogP contribution in [0.2, 0.25) is 0 Å². The van der Waals surface area contributed by atoms with Crippen LogP contribution in [0.3, 0.4) is 0 Å². The maximum absolute atomic E-state index is 13.2. The van der Waals surface area contributed by atoms with Crippen LogP contribution in [0.1, 0.15) is 34.6 Å². The summed E-state index contributed by atoms with van der Waals surface area (Å²) in [6.07, 6.45) is 3.32. The van der Waals surface area contributed by atoms with Gasteiger partial charge in [0.2, 0.25) is 0 Å². The van der Waals surface area contributed by atoms with Gasteiger partial charge in [0.1, 0.15) is 11.5 Å². The number of carbonyl (C=O) groups excluding carboxylic acids is 1. The number of halogens is 1. The van der Waals surface area contributed by atoms with E-state index >= 15 is 0 Å². The van der Waals surface area contributed by atoms with Gasteiger partial charge in [-0.1, -0.05) is 35.5 Å². The fraction of sp³-hybridized carbons (Fsp3) is 0.130. The number of nitrogens with one attached hydrogen (secondary N) is 1. The summed E-state index contributed by atoms with van der Waals surface area (Å²) < 4.78 is 14.9. The summed E-state index contributed by atoms with van der Waals surface area (Å²) in [6, 6.07) is 17.1. The molecule has 1 N–H and O–H groups in total. The summed E-state index contributed by atoms with van der Waals surface area (Å²) in [7, 11) is 0. The van der Waals surface area contributed by atoms with Crippen LogP contribution in [0.15, 0.2) is 73.1 Å². The third-order valence-electron chi connectivity index (χ3n) is 4.90. The summed E-state index contributed by atoms with van der Waals surface area (Å²) in [5, 5.41) is 11.4. The number of rotatable bonds is 5. The number of pyridine rings is 1. The fourth-order valence-corrected chi connectivity index (χ4v) is 3.27. The number of para-hydroxylation sites is 1. The molecule has 0 aliphatic heterocycles. The lowest BCUT2D eigenvalue weighted by Crippen LogP contribution is -2.27. The minimum absolute atomic E-state index is 0.207. The zero-order chi connectivity index (χ0) is 21.1. The lowest BCUT2D eigenvalue weighted by molar-refractivity contribution is 0.0935. The Morgan fingerprint density at radius 3 is 2.43 bits per heavy atom. The van der Waals surface area contributed by atoms with E-state index in [0.29, 0.717) is 5.69 Å². The molecule has 4 aromatic rings. The average Bonchev–Trinajstić information content (AvgIpc) is 3.20. The predicted molar refractivity (Wildman–Crippen MR) is 112 cm³/mol. The van der Waals surface area contributed by atoms with Crippen LogP contribution in [0.4, 0.5) is 4.39 Å². The molecule has 1 amide bonds. The number of hydrogen-bond donors (Lipinski definition) is 1. The monoisotopic (exact) mass is 401 g/mol. The topological polar surface area (TPSA) is 72.7 Å². The molecule has 0 saturated carbocycles. The van der Waals surface area contributed by atoms with Crippen molar-refractivity contribution in [2.24, 2.45) is 0 Å². The largest absolute Gasteiger partial charge is 0.344 e. The molecule has 0 radical (unpaired) electrons. The highest BCUT2D eigenvalue weighted by atomic mass is 19.1. The van der Waals surface area contributed by atoms with Crippen LogP contribution in [-0.2, 0) is 0 Å². The molecule has 0 fully saturated rings. The lowest BCUT2D eigenvalue weighted by Gasteiger charge is -2.14. The van der Waals surface area contributed by atoms with Crippen molar-refractivity contribution < 1.29 is 9.18 Å². The van der Waals surface area contributed by atoms with Crippen molar-refractivity contribution in [3.05, 3.63) is 95.7 Å². The second kappa shape index (κ2) is 8.24. The first-order valence-corrected chi connectivity index (χ1v) is 9.53. The van der Waals surface area contributed by atoms with Gasteiger partial charge < -0.3 is 5.32 Å². The van der Waals surface area contributed by atoms with Gasteiger partial charge in [-0.05, 0) is 55.3 Å². The Labute approximate surface area is 173 Å². The van der Waals surface area contributed by atoms with Gasteiger partial charge in [0.25, 0.3) is 5.91 Å². The Morgan fingerprint density at radius 1 is 1.03 bits per heavy atom. The molecule has 0 saturated heterocycles. The van der Waals surface area contributed by atoms with Gasteiger partial charge in [0.15, 0.2) is 5.69 Å². The zero-order valence-electron chi connectivity index (χ0n) is 16.6. The highest BCUT2D eigenvalue weighted by Gasteiger charge is 2.24. The van der Waals surface area contributed by atoms with Gasteiger partial charge in [-0.15, -0.1) is 5.10 Å². The van der Waals surface area contributed by atoms with E-state index in [4.69, 9.17) is 0 Å². The number of aryl methyl sites for hydroxylation is 1. The van der Waals surface area contributed by atoms with Crippen molar-refractivity contribution in [2.75, 3.05) is 0 Å². The molecule has 6 nitrogen and oxygen atoms in total. The SMILES string of the molecule is Cc1ccccc1-n1nnc(C(=O)NC(C)c2ccc(F)cc2)c1-c1ccncc1. The third-order valence-corrected chi connectivity index (χ3v) is 4.90. The molecule has 1 atom stereocenters. The predicted octanol–water partition coefficient (Wildman–Crippen LogP) is 4.27. The van der Waals surface area contributed by atoms with E-state index in [-0.39, 0.29) is 23.5 Å². The molecule has 4 rings (SSSR count). The Balaban J connectivity index is 1.74. The summed E-state index contributed by atoms with van der Waals surface area (Å²) in [5.41, 5.74) is 4.19. The number of hydrogen-bond acceptors (Lipinski definition) is 4. The quantitative estimate of drug-likeness (QED) is 0.542. The van der Waals surface area contributed by atoms with Crippen molar-refractivity contribution >= 4 is 5.91 Å². The van der Waals surface area contributed by atoms with Crippen LogP contribution in [0, 0.1) is 12.7 Å². The standard InChI is InChI=1S/C23H20FN5O/c1-15-5-3-4-6-20(15)29-22(18-11-13-25-14-12-18)21(27-28-29)23(30)26-16(2)17-7-9-19(24)10-8-17/h3-14,16H,1-2H3,(H,26,30). The van der Waals surface area contributed by atoms with E-state index in [1.54, 1.807) is 29.2 Å². The van der Waals surface area contributed by atoms with Gasteiger partial charge in [-0.25, -0.2) is 9.07 Å². The van der Waals surface area contributed by atoms with Crippen LogP contribution < -0.4 is 5.32 Å². The molecule has 1 unspecified atom stereocenters. The molecule has 2 heterocycles. The van der Waals surface area contributed by atoms with Crippen LogP contribution in [0.25, 0.3) is 16.9 Å². The fourth-order valence-electron chi connectivity index (χ4n) is 3.27. The summed E-state index contributed by atoms with van der Waals surface area (Å²) >= 11 is 0. The molecule has 0 spiro atoms. The molecule has 0 aliphatic carbocycles. The lowest BCUT2D eigenvalue weighted by atomic mass is 10.1. The van der Waals surface area contributed by atoms with Crippen molar-refractivity contribution in [3.8, 4) is 16.9 Å². The van der Waals surface area contributed by atoms with Crippen LogP contribution in [0.5, 0.6) is 0 Å². The van der Waals surface area contributed by atoms with E-state index in [0.717, 1.165) is 22.4 Å². The van der Waals surface area contributed by atoms with Gasteiger partial charge in [-0.2, -0.15) is 0 Å². The summed E-state index contributed by atoms with van der Waals surface area (Å²) in [6.45, 7) is 3.81. The molecular formula is C23H20FN5O. The second-order valence-corrected chi connectivity index (χ2v) is 6.97. The molecule has 0 aliphatic rings. The zero-order valence-corrected chi connectivity index (χ0v) is 16.6. The van der Waals surface area contributed by atoms with Crippen LogP contribution in [-0.4, -0.2) is 25.9 Å². The molecule has 2 aromatic carbocycles. The first-order valence-electron chi connectivity index (χ1n) is 9.53. The minimum atomic E-state index is -0.363. The van der Waals surface area contributed by atoms with Gasteiger partial charge in [0.05, 0.1) is 11.7 Å². The normalized spacial score (nSPS) is 11.8. The van der Waals surface area contributed by atoms with E-state index in [1.165, 1.54) is 12.1 Å². The molecule has 150 valence electrons. The van der Waals surface area contributed by atoms with Crippen molar-refractivity contribution in [1.29, 1.82) is 0 Å². The van der Waals surface area contributed by atoms with Gasteiger partial charge >= 0.3 is 0 Å². The van der Waals surface area contributed by atoms with E-state index in [1.807, 2.05) is 50.2 Å². The molecule has 0 bridgehead atoms. The Kier molecular flexibility index (Phi) is 5.34. The van der Waals surface area contributed by atoms with E-state index in [2.05, 4.69) is 20.6 Å². The molecule has 30 heavy (non-hydrogen) atoms. The second-order valence-electron chi connectivity index (χ2n) is 6.97. The van der Waals surface area contributed by atoms with Gasteiger partial charge in [-0.3, -0.25) is 9.78 Å². The number of carbonyl (C=O) groups is 1. The van der Waals surface area contributed by atoms with Crippen molar-refractivity contribution in [3.63, 3.8) is 0 Å². The number of aromatic nitrogens is 4. The van der Waals surface area contributed by atoms with E-state index < -0.39 is 0 Å². The third kappa shape index (κ3) is 3.82. The van der Waals surface area contributed by atoms with Crippen molar-refractivity contribution in [2.45, 2.75) is 19.9 Å². The summed E-state index contributed by atoms with van der Waals surface area (Å²) in [5.74, 6) is -0.683. The molecule has 2 aromatic heterocycles. The minimum Gasteiger partial charge on any atom is -0.344 e. The summed E-state index contributed by atoms with van der Waals surface area (Å²) in [4.78, 5) is 17.2.